The summed E-state index contributed by atoms with van der Waals surface area (Å²) in [6.45, 7) is 7.35. The van der Waals surface area contributed by atoms with Crippen LogP contribution in [0.25, 0.3) is 0 Å². The van der Waals surface area contributed by atoms with Gasteiger partial charge in [0.1, 0.15) is 5.60 Å². The van der Waals surface area contributed by atoms with Gasteiger partial charge in [0, 0.05) is 5.38 Å². The maximum atomic E-state index is 11.6. The van der Waals surface area contributed by atoms with Crippen LogP contribution in [0.3, 0.4) is 0 Å². The van der Waals surface area contributed by atoms with Crippen LogP contribution >= 0.6 is 27.3 Å². The van der Waals surface area contributed by atoms with Crippen molar-refractivity contribution in [3.05, 3.63) is 11.1 Å². The lowest BCUT2D eigenvalue weighted by atomic mass is 10.2. The van der Waals surface area contributed by atoms with Crippen molar-refractivity contribution < 1.29 is 19.1 Å². The Bertz CT molecular complexity index is 484. The van der Waals surface area contributed by atoms with Crippen LogP contribution in [0.5, 0.6) is 0 Å². The summed E-state index contributed by atoms with van der Waals surface area (Å²) in [5.41, 5.74) is -0.0907. The molecule has 6 nitrogen and oxygen atoms in total. The third kappa shape index (κ3) is 5.46. The quantitative estimate of drug-likeness (QED) is 0.653. The van der Waals surface area contributed by atoms with Crippen LogP contribution in [-0.2, 0) is 14.3 Å². The van der Waals surface area contributed by atoms with Crippen LogP contribution in [0, 0.1) is 0 Å². The number of ether oxygens (including phenoxy) is 2. The zero-order chi connectivity index (χ0) is 15.3. The molecule has 1 aromatic rings. The predicted octanol–water partition coefficient (Wildman–Crippen LogP) is 3.49. The third-order valence-electron chi connectivity index (χ3n) is 1.88. The number of aromatic nitrogens is 1. The number of carbonyl (C=O) groups is 2. The topological polar surface area (TPSA) is 77.5 Å². The molecule has 0 aliphatic heterocycles. The summed E-state index contributed by atoms with van der Waals surface area (Å²) in [6, 6.07) is 0. The fraction of sp³-hybridized carbons (Fsp3) is 0.583. The SMILES string of the molecule is CCOC(=O)C(Br)c1csc(NC(=O)OC(C)(C)C)n1. The van der Waals surface area contributed by atoms with Crippen LogP contribution < -0.4 is 5.32 Å². The van der Waals surface area contributed by atoms with E-state index in [1.165, 1.54) is 11.3 Å². The highest BCUT2D eigenvalue weighted by atomic mass is 79.9. The molecule has 0 fully saturated rings. The molecule has 0 radical (unpaired) electrons. The first-order valence-electron chi connectivity index (χ1n) is 5.99. The average Bonchev–Trinajstić information content (AvgIpc) is 2.74. The van der Waals surface area contributed by atoms with Crippen LogP contribution in [0.2, 0.25) is 0 Å². The minimum Gasteiger partial charge on any atom is -0.465 e. The Labute approximate surface area is 130 Å². The van der Waals surface area contributed by atoms with E-state index in [4.69, 9.17) is 9.47 Å². The van der Waals surface area contributed by atoms with Crippen molar-refractivity contribution in [2.24, 2.45) is 0 Å². The third-order valence-corrected chi connectivity index (χ3v) is 3.50. The number of nitrogens with zero attached hydrogens (tertiary/aromatic N) is 1. The van der Waals surface area contributed by atoms with Gasteiger partial charge in [0.05, 0.1) is 12.3 Å². The molecule has 0 spiro atoms. The molecule has 1 heterocycles. The van der Waals surface area contributed by atoms with Crippen molar-refractivity contribution >= 4 is 44.5 Å². The molecule has 1 unspecified atom stereocenters. The number of esters is 1. The Morgan fingerprint density at radius 1 is 1.50 bits per heavy atom. The van der Waals surface area contributed by atoms with Gasteiger partial charge in [0.25, 0.3) is 0 Å². The fourth-order valence-electron chi connectivity index (χ4n) is 1.19. The molecule has 0 aliphatic rings. The second kappa shape index (κ2) is 7.03. The van der Waals surface area contributed by atoms with Crippen molar-refractivity contribution in [1.82, 2.24) is 4.98 Å². The Morgan fingerprint density at radius 2 is 2.15 bits per heavy atom. The second-order valence-electron chi connectivity index (χ2n) is 4.82. The van der Waals surface area contributed by atoms with Crippen LogP contribution in [0.1, 0.15) is 38.2 Å². The molecular formula is C12H17BrN2O4S. The molecule has 1 aromatic heterocycles. The largest absolute Gasteiger partial charge is 0.465 e. The Morgan fingerprint density at radius 3 is 2.70 bits per heavy atom. The number of alkyl halides is 1. The van der Waals surface area contributed by atoms with Gasteiger partial charge < -0.3 is 9.47 Å². The number of thiazole rings is 1. The number of hydrogen-bond acceptors (Lipinski definition) is 6. The summed E-state index contributed by atoms with van der Waals surface area (Å²) >= 11 is 4.41. The first kappa shape index (κ1) is 16.9. The van der Waals surface area contributed by atoms with Crippen LogP contribution in [0.15, 0.2) is 5.38 Å². The summed E-state index contributed by atoms with van der Waals surface area (Å²) < 4.78 is 9.99. The van der Waals surface area contributed by atoms with Crippen molar-refractivity contribution in [1.29, 1.82) is 0 Å². The lowest BCUT2D eigenvalue weighted by Crippen LogP contribution is -2.27. The Balaban J connectivity index is 2.64. The molecule has 0 aliphatic carbocycles. The summed E-state index contributed by atoms with van der Waals surface area (Å²) in [7, 11) is 0. The van der Waals surface area contributed by atoms with Gasteiger partial charge in [-0.25, -0.2) is 9.78 Å². The van der Waals surface area contributed by atoms with E-state index in [1.54, 1.807) is 33.1 Å². The predicted molar refractivity (Wildman–Crippen MR) is 80.3 cm³/mol. The van der Waals surface area contributed by atoms with E-state index < -0.39 is 22.5 Å². The van der Waals surface area contributed by atoms with Crippen molar-refractivity contribution in [2.45, 2.75) is 38.1 Å². The number of nitrogens with one attached hydrogen (secondary N) is 1. The van der Waals surface area contributed by atoms with Gasteiger partial charge in [-0.05, 0) is 27.7 Å². The highest BCUT2D eigenvalue weighted by molar-refractivity contribution is 9.09. The van der Waals surface area contributed by atoms with Crippen molar-refractivity contribution in [3.8, 4) is 0 Å². The molecule has 0 saturated carbocycles. The molecule has 1 atom stereocenters. The number of anilines is 1. The number of rotatable bonds is 4. The molecule has 1 amide bonds. The smallest absolute Gasteiger partial charge is 0.413 e. The average molecular weight is 365 g/mol. The maximum absolute atomic E-state index is 11.6. The normalized spacial score (nSPS) is 12.7. The van der Waals surface area contributed by atoms with E-state index >= 15 is 0 Å². The lowest BCUT2D eigenvalue weighted by molar-refractivity contribution is -0.142. The highest BCUT2D eigenvalue weighted by Gasteiger charge is 2.22. The van der Waals surface area contributed by atoms with Crippen molar-refractivity contribution in [2.75, 3.05) is 11.9 Å². The molecule has 8 heteroatoms. The molecule has 0 aromatic carbocycles. The standard InChI is InChI=1S/C12H17BrN2O4S/c1-5-18-9(16)8(13)7-6-20-10(14-7)15-11(17)19-12(2,3)4/h6,8H,5H2,1-4H3,(H,14,15,17). The number of carbonyl (C=O) groups excluding carboxylic acids is 2. The van der Waals surface area contributed by atoms with Gasteiger partial charge >= 0.3 is 12.1 Å². The van der Waals surface area contributed by atoms with Crippen LogP contribution in [-0.4, -0.2) is 29.3 Å². The van der Waals surface area contributed by atoms with Crippen molar-refractivity contribution in [3.63, 3.8) is 0 Å². The zero-order valence-corrected chi connectivity index (χ0v) is 14.1. The summed E-state index contributed by atoms with van der Waals surface area (Å²) in [5, 5.41) is 4.55. The summed E-state index contributed by atoms with van der Waals surface area (Å²) in [6.07, 6.45) is -0.583. The first-order valence-corrected chi connectivity index (χ1v) is 7.78. The van der Waals surface area contributed by atoms with Gasteiger partial charge in [-0.15, -0.1) is 11.3 Å². The highest BCUT2D eigenvalue weighted by Crippen LogP contribution is 2.28. The van der Waals surface area contributed by atoms with E-state index in [9.17, 15) is 9.59 Å². The van der Waals surface area contributed by atoms with Crippen LogP contribution in [0.4, 0.5) is 9.93 Å². The van der Waals surface area contributed by atoms with Gasteiger partial charge in [-0.3, -0.25) is 10.1 Å². The molecule has 112 valence electrons. The molecular weight excluding hydrogens is 348 g/mol. The van der Waals surface area contributed by atoms with E-state index in [-0.39, 0.29) is 0 Å². The van der Waals surface area contributed by atoms with E-state index in [2.05, 4.69) is 26.2 Å². The van der Waals surface area contributed by atoms with Gasteiger partial charge in [-0.2, -0.15) is 0 Å². The maximum Gasteiger partial charge on any atom is 0.413 e. The lowest BCUT2D eigenvalue weighted by Gasteiger charge is -2.18. The summed E-state index contributed by atoms with van der Waals surface area (Å²) in [4.78, 5) is 26.6. The molecule has 20 heavy (non-hydrogen) atoms. The Kier molecular flexibility index (Phi) is 5.94. The molecule has 1 N–H and O–H groups in total. The van der Waals surface area contributed by atoms with E-state index in [0.717, 1.165) is 0 Å². The zero-order valence-electron chi connectivity index (χ0n) is 11.7. The second-order valence-corrected chi connectivity index (χ2v) is 6.59. The fourth-order valence-corrected chi connectivity index (χ4v) is 2.45. The van der Waals surface area contributed by atoms with E-state index in [0.29, 0.717) is 17.4 Å². The monoisotopic (exact) mass is 364 g/mol. The minimum absolute atomic E-state index is 0.300. The number of hydrogen-bond donors (Lipinski definition) is 1. The first-order chi connectivity index (χ1) is 9.23. The van der Waals surface area contributed by atoms with Gasteiger partial charge in [0.15, 0.2) is 9.96 Å². The molecule has 1 rings (SSSR count). The number of halogens is 1. The van der Waals surface area contributed by atoms with Gasteiger partial charge in [0.2, 0.25) is 0 Å². The van der Waals surface area contributed by atoms with Gasteiger partial charge in [-0.1, -0.05) is 15.9 Å². The number of amides is 1. The Hall–Kier alpha value is -1.15. The molecule has 0 saturated heterocycles. The molecule has 0 bridgehead atoms. The summed E-state index contributed by atoms with van der Waals surface area (Å²) in [5.74, 6) is -0.415. The minimum atomic E-state index is -0.645. The van der Waals surface area contributed by atoms with E-state index in [1.807, 2.05) is 0 Å².